The van der Waals surface area contributed by atoms with E-state index in [-0.39, 0.29) is 23.9 Å². The standard InChI is InChI=1S/C24H29ClF3N5O4/c1-23(2,3)37-22(35)33-11-9-14-15(25)7-8-18(20(14)17(33)12-32-10-5-6-19(32)34)36-13-16-21(24(26,27)28)31(4)30-29-16/h7-8,17H,5-6,9-13H2,1-4H3/t17-/m1/s1. The van der Waals surface area contributed by atoms with Crippen molar-refractivity contribution in [3.05, 3.63) is 39.7 Å². The van der Waals surface area contributed by atoms with E-state index in [4.69, 9.17) is 21.1 Å². The van der Waals surface area contributed by atoms with Crippen molar-refractivity contribution >= 4 is 23.6 Å². The van der Waals surface area contributed by atoms with Crippen LogP contribution in [0.15, 0.2) is 12.1 Å². The number of carbonyl (C=O) groups excluding carboxylic acids is 2. The molecule has 13 heteroatoms. The van der Waals surface area contributed by atoms with Gasteiger partial charge in [0.1, 0.15) is 23.7 Å². The van der Waals surface area contributed by atoms with Crippen LogP contribution in [0.25, 0.3) is 0 Å². The molecule has 1 saturated heterocycles. The molecule has 0 N–H and O–H groups in total. The van der Waals surface area contributed by atoms with E-state index in [2.05, 4.69) is 10.3 Å². The summed E-state index contributed by atoms with van der Waals surface area (Å²) in [4.78, 5) is 28.9. The lowest BCUT2D eigenvalue weighted by atomic mass is 9.91. The summed E-state index contributed by atoms with van der Waals surface area (Å²) in [7, 11) is 1.16. The Morgan fingerprint density at radius 2 is 1.92 bits per heavy atom. The van der Waals surface area contributed by atoms with Crippen LogP contribution in [-0.2, 0) is 35.8 Å². The molecule has 202 valence electrons. The average molecular weight is 544 g/mol. The maximum Gasteiger partial charge on any atom is 0.435 e. The van der Waals surface area contributed by atoms with Gasteiger partial charge in [-0.1, -0.05) is 16.8 Å². The molecule has 2 aliphatic heterocycles. The number of nitrogens with zero attached hydrogens (tertiary/aromatic N) is 5. The molecule has 3 heterocycles. The number of halogens is 4. The predicted molar refractivity (Wildman–Crippen MR) is 127 cm³/mol. The molecule has 0 aliphatic carbocycles. The summed E-state index contributed by atoms with van der Waals surface area (Å²) in [5, 5.41) is 7.56. The highest BCUT2D eigenvalue weighted by molar-refractivity contribution is 6.31. The number of hydrogen-bond donors (Lipinski definition) is 0. The van der Waals surface area contributed by atoms with Gasteiger partial charge in [0.2, 0.25) is 5.91 Å². The molecule has 1 aromatic heterocycles. The summed E-state index contributed by atoms with van der Waals surface area (Å²) in [6, 6.07) is 2.50. The second kappa shape index (κ2) is 10.0. The lowest BCUT2D eigenvalue weighted by Crippen LogP contribution is -2.47. The Balaban J connectivity index is 1.72. The number of carbonyl (C=O) groups is 2. The highest BCUT2D eigenvalue weighted by atomic mass is 35.5. The monoisotopic (exact) mass is 543 g/mol. The fourth-order valence-corrected chi connectivity index (χ4v) is 4.99. The van der Waals surface area contributed by atoms with Gasteiger partial charge in [0, 0.05) is 43.7 Å². The average Bonchev–Trinajstić information content (AvgIpc) is 3.37. The van der Waals surface area contributed by atoms with Crippen LogP contribution in [0.2, 0.25) is 5.02 Å². The van der Waals surface area contributed by atoms with E-state index in [0.29, 0.717) is 53.2 Å². The molecule has 2 aromatic rings. The number of fused-ring (bicyclic) bond motifs is 1. The fraction of sp³-hybridized carbons (Fsp3) is 0.583. The number of amides is 2. The van der Waals surface area contributed by atoms with Crippen LogP contribution >= 0.6 is 11.6 Å². The normalized spacial score (nSPS) is 18.3. The summed E-state index contributed by atoms with van der Waals surface area (Å²) in [5.74, 6) is 0.221. The van der Waals surface area contributed by atoms with Crippen molar-refractivity contribution in [2.75, 3.05) is 19.6 Å². The largest absolute Gasteiger partial charge is 0.487 e. The van der Waals surface area contributed by atoms with Gasteiger partial charge in [-0.15, -0.1) is 5.10 Å². The van der Waals surface area contributed by atoms with Crippen molar-refractivity contribution in [3.63, 3.8) is 0 Å². The maximum atomic E-state index is 13.5. The van der Waals surface area contributed by atoms with E-state index >= 15 is 0 Å². The molecule has 0 radical (unpaired) electrons. The molecule has 37 heavy (non-hydrogen) atoms. The number of ether oxygens (including phenoxy) is 2. The Labute approximate surface area is 217 Å². The lowest BCUT2D eigenvalue weighted by Gasteiger charge is -2.40. The topological polar surface area (TPSA) is 89.8 Å². The second-order valence-electron chi connectivity index (χ2n) is 10.1. The van der Waals surface area contributed by atoms with Crippen LogP contribution in [0.1, 0.15) is 62.2 Å². The molecule has 0 unspecified atom stereocenters. The Bertz CT molecular complexity index is 1190. The minimum Gasteiger partial charge on any atom is -0.487 e. The molecule has 1 aromatic carbocycles. The summed E-state index contributed by atoms with van der Waals surface area (Å²) in [5.41, 5.74) is -0.874. The Hall–Kier alpha value is -3.02. The van der Waals surface area contributed by atoms with E-state index in [1.165, 1.54) is 4.90 Å². The first-order chi connectivity index (χ1) is 17.3. The van der Waals surface area contributed by atoms with Crippen LogP contribution in [0.5, 0.6) is 5.75 Å². The number of aryl methyl sites for hydroxylation is 1. The maximum absolute atomic E-state index is 13.5. The molecular formula is C24H29ClF3N5O4. The minimum absolute atomic E-state index is 0.0323. The third-order valence-corrected chi connectivity index (χ3v) is 6.65. The van der Waals surface area contributed by atoms with Gasteiger partial charge in [0.15, 0.2) is 5.69 Å². The van der Waals surface area contributed by atoms with Gasteiger partial charge < -0.3 is 14.4 Å². The first-order valence-electron chi connectivity index (χ1n) is 11.9. The zero-order chi connectivity index (χ0) is 27.1. The SMILES string of the molecule is Cn1nnc(COc2ccc(Cl)c3c2[C@@H](CN2CCCC2=O)N(C(=O)OC(C)(C)C)CC3)c1C(F)(F)F. The number of alkyl halides is 3. The van der Waals surface area contributed by atoms with Crippen LogP contribution in [-0.4, -0.2) is 62.0 Å². The minimum atomic E-state index is -4.66. The van der Waals surface area contributed by atoms with E-state index in [1.54, 1.807) is 37.8 Å². The Morgan fingerprint density at radius 3 is 2.54 bits per heavy atom. The van der Waals surface area contributed by atoms with Crippen molar-refractivity contribution < 1.29 is 32.2 Å². The fourth-order valence-electron chi connectivity index (χ4n) is 4.73. The van der Waals surface area contributed by atoms with Crippen LogP contribution in [0, 0.1) is 0 Å². The predicted octanol–water partition coefficient (Wildman–Crippen LogP) is 4.52. The van der Waals surface area contributed by atoms with Crippen LogP contribution in [0.4, 0.5) is 18.0 Å². The molecule has 0 spiro atoms. The van der Waals surface area contributed by atoms with Gasteiger partial charge >= 0.3 is 12.3 Å². The third kappa shape index (κ3) is 5.78. The van der Waals surface area contributed by atoms with Gasteiger partial charge in [-0.3, -0.25) is 9.69 Å². The Morgan fingerprint density at radius 1 is 1.19 bits per heavy atom. The summed E-state index contributed by atoms with van der Waals surface area (Å²) >= 11 is 6.52. The van der Waals surface area contributed by atoms with E-state index in [0.717, 1.165) is 7.05 Å². The van der Waals surface area contributed by atoms with Gasteiger partial charge in [0.05, 0.1) is 6.04 Å². The number of benzene rings is 1. The molecule has 0 bridgehead atoms. The number of likely N-dealkylation sites (tertiary alicyclic amines) is 1. The molecule has 2 amide bonds. The first-order valence-corrected chi connectivity index (χ1v) is 12.3. The van der Waals surface area contributed by atoms with E-state index in [9.17, 15) is 22.8 Å². The van der Waals surface area contributed by atoms with Crippen molar-refractivity contribution in [2.45, 2.75) is 64.5 Å². The quantitative estimate of drug-likeness (QED) is 0.551. The van der Waals surface area contributed by atoms with Crippen molar-refractivity contribution in [2.24, 2.45) is 7.05 Å². The first kappa shape index (κ1) is 27.0. The smallest absolute Gasteiger partial charge is 0.435 e. The molecule has 9 nitrogen and oxygen atoms in total. The summed E-state index contributed by atoms with van der Waals surface area (Å²) in [6.07, 6.45) is -3.72. The van der Waals surface area contributed by atoms with Gasteiger partial charge in [-0.05, 0) is 51.3 Å². The highest BCUT2D eigenvalue weighted by Crippen LogP contribution is 2.42. The highest BCUT2D eigenvalue weighted by Gasteiger charge is 2.41. The Kier molecular flexibility index (Phi) is 7.33. The molecule has 0 saturated carbocycles. The van der Waals surface area contributed by atoms with Gasteiger partial charge in [0.25, 0.3) is 0 Å². The molecular weight excluding hydrogens is 515 g/mol. The summed E-state index contributed by atoms with van der Waals surface area (Å²) in [6.45, 7) is 5.78. The van der Waals surface area contributed by atoms with Crippen molar-refractivity contribution in [1.29, 1.82) is 0 Å². The zero-order valence-electron chi connectivity index (χ0n) is 21.1. The molecule has 2 aliphatic rings. The zero-order valence-corrected chi connectivity index (χ0v) is 21.8. The number of hydrogen-bond acceptors (Lipinski definition) is 6. The van der Waals surface area contributed by atoms with Crippen molar-refractivity contribution in [1.82, 2.24) is 24.8 Å². The lowest BCUT2D eigenvalue weighted by molar-refractivity contribution is -0.144. The second-order valence-corrected chi connectivity index (χ2v) is 10.5. The number of rotatable bonds is 5. The molecule has 1 atom stereocenters. The van der Waals surface area contributed by atoms with Gasteiger partial charge in [-0.25, -0.2) is 9.48 Å². The molecule has 1 fully saturated rings. The van der Waals surface area contributed by atoms with Crippen LogP contribution < -0.4 is 4.74 Å². The summed E-state index contributed by atoms with van der Waals surface area (Å²) < 4.78 is 52.8. The molecule has 4 rings (SSSR count). The number of aromatic nitrogens is 3. The van der Waals surface area contributed by atoms with Crippen molar-refractivity contribution in [3.8, 4) is 5.75 Å². The third-order valence-electron chi connectivity index (χ3n) is 6.29. The van der Waals surface area contributed by atoms with Crippen LogP contribution in [0.3, 0.4) is 0 Å². The van der Waals surface area contributed by atoms with E-state index < -0.39 is 36.2 Å². The van der Waals surface area contributed by atoms with E-state index in [1.807, 2.05) is 0 Å². The van der Waals surface area contributed by atoms with Gasteiger partial charge in [-0.2, -0.15) is 13.2 Å².